The molecule has 0 bridgehead atoms. The molecular formula is C16H13BrFN5O2. The average molecular weight is 406 g/mol. The van der Waals surface area contributed by atoms with Gasteiger partial charge in [-0.25, -0.2) is 14.6 Å². The molecule has 0 radical (unpaired) electrons. The van der Waals surface area contributed by atoms with Crippen LogP contribution in [0.4, 0.5) is 10.3 Å². The van der Waals surface area contributed by atoms with E-state index in [0.717, 1.165) is 9.15 Å². The molecule has 1 amide bonds. The highest BCUT2D eigenvalue weighted by atomic mass is 79.9. The smallest absolute Gasteiger partial charge is 0.275 e. The second-order valence-electron chi connectivity index (χ2n) is 5.16. The number of aryl methyl sites for hydroxylation is 1. The van der Waals surface area contributed by atoms with Gasteiger partial charge in [-0.2, -0.15) is 5.10 Å². The van der Waals surface area contributed by atoms with Gasteiger partial charge in [0.15, 0.2) is 0 Å². The number of alkyl halides is 1. The highest BCUT2D eigenvalue weighted by molar-refractivity contribution is 9.10. The molecule has 0 aliphatic carbocycles. The molecule has 2 heterocycles. The van der Waals surface area contributed by atoms with E-state index in [-0.39, 0.29) is 18.9 Å². The Morgan fingerprint density at radius 2 is 2.00 bits per heavy atom. The summed E-state index contributed by atoms with van der Waals surface area (Å²) in [6.45, 7) is -0.931. The average Bonchev–Trinajstić information content (AvgIpc) is 2.60. The standard InChI is InChI=1S/C16H13BrFN5O2/c17-10-2-3-11-12(8-10)13(4-5-18)22-23(15(11)25)9-14(24)21-16-19-6-1-7-20-16/h1-3,6-8H,4-5,9H2,(H,19,20,21,24). The lowest BCUT2D eigenvalue weighted by molar-refractivity contribution is -0.117. The maximum atomic E-state index is 12.9. The highest BCUT2D eigenvalue weighted by Crippen LogP contribution is 2.20. The van der Waals surface area contributed by atoms with Gasteiger partial charge in [0.2, 0.25) is 11.9 Å². The molecule has 0 saturated carbocycles. The van der Waals surface area contributed by atoms with Gasteiger partial charge < -0.3 is 0 Å². The fraction of sp³-hybridized carbons (Fsp3) is 0.188. The molecular weight excluding hydrogens is 393 g/mol. The van der Waals surface area contributed by atoms with Gasteiger partial charge in [-0.3, -0.25) is 19.3 Å². The first-order valence-electron chi connectivity index (χ1n) is 7.40. The third kappa shape index (κ3) is 3.87. The minimum Gasteiger partial charge on any atom is -0.293 e. The third-order valence-corrected chi connectivity index (χ3v) is 3.93. The van der Waals surface area contributed by atoms with Crippen molar-refractivity contribution in [1.82, 2.24) is 19.7 Å². The number of nitrogens with one attached hydrogen (secondary N) is 1. The molecule has 0 spiro atoms. The molecule has 3 aromatic rings. The van der Waals surface area contributed by atoms with Crippen molar-refractivity contribution in [2.75, 3.05) is 12.0 Å². The number of hydrogen-bond acceptors (Lipinski definition) is 5. The molecule has 0 aliphatic rings. The summed E-state index contributed by atoms with van der Waals surface area (Å²) < 4.78 is 14.6. The van der Waals surface area contributed by atoms with E-state index in [4.69, 9.17) is 0 Å². The van der Waals surface area contributed by atoms with Crippen molar-refractivity contribution in [2.24, 2.45) is 0 Å². The predicted molar refractivity (Wildman–Crippen MR) is 94.0 cm³/mol. The van der Waals surface area contributed by atoms with E-state index in [1.807, 2.05) is 0 Å². The van der Waals surface area contributed by atoms with Gasteiger partial charge in [0.25, 0.3) is 5.56 Å². The van der Waals surface area contributed by atoms with Crippen LogP contribution in [0.3, 0.4) is 0 Å². The van der Waals surface area contributed by atoms with E-state index in [1.165, 1.54) is 12.4 Å². The van der Waals surface area contributed by atoms with Gasteiger partial charge in [0, 0.05) is 28.7 Å². The monoisotopic (exact) mass is 405 g/mol. The second kappa shape index (κ2) is 7.47. The van der Waals surface area contributed by atoms with Crippen LogP contribution in [-0.2, 0) is 17.8 Å². The van der Waals surface area contributed by atoms with E-state index < -0.39 is 18.1 Å². The normalized spacial score (nSPS) is 10.8. The number of rotatable bonds is 5. The Balaban J connectivity index is 1.96. The Kier molecular flexibility index (Phi) is 5.13. The number of nitrogens with zero attached hydrogens (tertiary/aromatic N) is 4. The fourth-order valence-corrected chi connectivity index (χ4v) is 2.73. The Morgan fingerprint density at radius 1 is 1.24 bits per heavy atom. The van der Waals surface area contributed by atoms with Crippen LogP contribution in [0.25, 0.3) is 10.8 Å². The van der Waals surface area contributed by atoms with Crippen LogP contribution in [0, 0.1) is 0 Å². The summed E-state index contributed by atoms with van der Waals surface area (Å²) in [6.07, 6.45) is 3.02. The summed E-state index contributed by atoms with van der Waals surface area (Å²) >= 11 is 3.33. The quantitative estimate of drug-likeness (QED) is 0.701. The van der Waals surface area contributed by atoms with Crippen LogP contribution in [0.15, 0.2) is 45.9 Å². The number of hydrogen-bond donors (Lipinski definition) is 1. The Labute approximate surface area is 150 Å². The van der Waals surface area contributed by atoms with Gasteiger partial charge in [-0.15, -0.1) is 0 Å². The summed E-state index contributed by atoms with van der Waals surface area (Å²) in [5, 5.41) is 7.59. The molecule has 0 fully saturated rings. The maximum Gasteiger partial charge on any atom is 0.275 e. The molecule has 128 valence electrons. The maximum absolute atomic E-state index is 12.9. The molecule has 3 rings (SSSR count). The summed E-state index contributed by atoms with van der Waals surface area (Å²) in [5.74, 6) is -0.363. The molecule has 1 N–H and O–H groups in total. The van der Waals surface area contributed by atoms with Crippen LogP contribution in [0.2, 0.25) is 0 Å². The van der Waals surface area contributed by atoms with Crippen LogP contribution < -0.4 is 10.9 Å². The Morgan fingerprint density at radius 3 is 2.72 bits per heavy atom. The molecule has 25 heavy (non-hydrogen) atoms. The summed E-state index contributed by atoms with van der Waals surface area (Å²) in [7, 11) is 0. The van der Waals surface area contributed by atoms with Gasteiger partial charge in [-0.05, 0) is 24.3 Å². The van der Waals surface area contributed by atoms with Crippen molar-refractivity contribution in [1.29, 1.82) is 0 Å². The predicted octanol–water partition coefficient (Wildman–Crippen LogP) is 2.10. The van der Waals surface area contributed by atoms with Crippen molar-refractivity contribution >= 4 is 38.6 Å². The lowest BCUT2D eigenvalue weighted by atomic mass is 10.1. The van der Waals surface area contributed by atoms with E-state index in [2.05, 4.69) is 36.3 Å². The van der Waals surface area contributed by atoms with Crippen molar-refractivity contribution in [3.63, 3.8) is 0 Å². The zero-order valence-electron chi connectivity index (χ0n) is 12.9. The Bertz CT molecular complexity index is 977. The van der Waals surface area contributed by atoms with Gasteiger partial charge in [-0.1, -0.05) is 15.9 Å². The Hall–Kier alpha value is -2.68. The van der Waals surface area contributed by atoms with Crippen LogP contribution >= 0.6 is 15.9 Å². The van der Waals surface area contributed by atoms with E-state index in [0.29, 0.717) is 16.5 Å². The van der Waals surface area contributed by atoms with Crippen molar-refractivity contribution in [3.05, 3.63) is 57.2 Å². The van der Waals surface area contributed by atoms with Gasteiger partial charge in [0.1, 0.15) is 6.54 Å². The highest BCUT2D eigenvalue weighted by Gasteiger charge is 2.14. The number of carbonyl (C=O) groups excluding carboxylic acids is 1. The van der Waals surface area contributed by atoms with Crippen molar-refractivity contribution in [2.45, 2.75) is 13.0 Å². The van der Waals surface area contributed by atoms with Crippen molar-refractivity contribution < 1.29 is 9.18 Å². The molecule has 0 atom stereocenters. The molecule has 0 saturated heterocycles. The molecule has 9 heteroatoms. The van der Waals surface area contributed by atoms with Gasteiger partial charge >= 0.3 is 0 Å². The first-order valence-corrected chi connectivity index (χ1v) is 8.20. The minimum atomic E-state index is -0.614. The first-order chi connectivity index (χ1) is 12.1. The molecule has 1 aromatic carbocycles. The van der Waals surface area contributed by atoms with E-state index in [1.54, 1.807) is 24.3 Å². The number of carbonyl (C=O) groups is 1. The van der Waals surface area contributed by atoms with E-state index >= 15 is 0 Å². The molecule has 0 unspecified atom stereocenters. The zero-order valence-corrected chi connectivity index (χ0v) is 14.5. The number of aromatic nitrogens is 4. The summed E-state index contributed by atoms with van der Waals surface area (Å²) in [6, 6.07) is 6.68. The largest absolute Gasteiger partial charge is 0.293 e. The number of benzene rings is 1. The third-order valence-electron chi connectivity index (χ3n) is 3.44. The van der Waals surface area contributed by atoms with Gasteiger partial charge in [0.05, 0.1) is 17.8 Å². The first kappa shape index (κ1) is 17.2. The lowest BCUT2D eigenvalue weighted by Gasteiger charge is -2.10. The van der Waals surface area contributed by atoms with Crippen LogP contribution in [0.1, 0.15) is 5.69 Å². The molecule has 7 nitrogen and oxygen atoms in total. The zero-order chi connectivity index (χ0) is 17.8. The number of amides is 1. The fourth-order valence-electron chi connectivity index (χ4n) is 2.37. The molecule has 2 aromatic heterocycles. The van der Waals surface area contributed by atoms with Crippen molar-refractivity contribution in [3.8, 4) is 0 Å². The molecule has 0 aliphatic heterocycles. The van der Waals surface area contributed by atoms with Crippen LogP contribution in [0.5, 0.6) is 0 Å². The number of fused-ring (bicyclic) bond motifs is 1. The van der Waals surface area contributed by atoms with E-state index in [9.17, 15) is 14.0 Å². The second-order valence-corrected chi connectivity index (χ2v) is 6.07. The number of anilines is 1. The lowest BCUT2D eigenvalue weighted by Crippen LogP contribution is -2.31. The number of halogens is 2. The summed E-state index contributed by atoms with van der Waals surface area (Å²) in [4.78, 5) is 32.5. The minimum absolute atomic E-state index is 0.0522. The SMILES string of the molecule is O=C(Cn1nc(CCF)c2cc(Br)ccc2c1=O)Nc1ncccn1. The topological polar surface area (TPSA) is 89.8 Å². The van der Waals surface area contributed by atoms with Crippen LogP contribution in [-0.4, -0.2) is 32.3 Å². The summed E-state index contributed by atoms with van der Waals surface area (Å²) in [5.41, 5.74) is -0.00333.